The van der Waals surface area contributed by atoms with Crippen molar-refractivity contribution >= 4 is 45.6 Å². The molecule has 0 fully saturated rings. The Hall–Kier alpha value is -1.37. The molecule has 0 spiro atoms. The first kappa shape index (κ1) is 14.0. The van der Waals surface area contributed by atoms with Crippen LogP contribution in [0.5, 0.6) is 0 Å². The lowest BCUT2D eigenvalue weighted by atomic mass is 10.3. The molecule has 19 heavy (non-hydrogen) atoms. The monoisotopic (exact) mass is 317 g/mol. The highest BCUT2D eigenvalue weighted by Gasteiger charge is 2.17. The fourth-order valence-corrected chi connectivity index (χ4v) is 2.62. The Kier molecular flexibility index (Phi) is 4.24. The van der Waals surface area contributed by atoms with Crippen LogP contribution < -0.4 is 4.90 Å². The largest absolute Gasteiger partial charge is 0.477 e. The number of halogens is 2. The SMILES string of the molecule is CN(Cc1ccc(Cl)nc1)c1nc(Cl)c(C(=O)O)s1. The fraction of sp³-hybridized carbons (Fsp3) is 0.182. The van der Waals surface area contributed by atoms with Gasteiger partial charge in [0.2, 0.25) is 0 Å². The van der Waals surface area contributed by atoms with Gasteiger partial charge in [0.25, 0.3) is 0 Å². The minimum atomic E-state index is -1.07. The molecule has 0 saturated carbocycles. The van der Waals surface area contributed by atoms with E-state index in [0.717, 1.165) is 16.9 Å². The van der Waals surface area contributed by atoms with Crippen molar-refractivity contribution in [3.05, 3.63) is 39.1 Å². The van der Waals surface area contributed by atoms with Gasteiger partial charge in [-0.25, -0.2) is 14.8 Å². The second-order valence-electron chi connectivity index (χ2n) is 3.77. The molecular formula is C11H9Cl2N3O2S. The summed E-state index contributed by atoms with van der Waals surface area (Å²) in [5.74, 6) is -1.07. The maximum atomic E-state index is 10.9. The van der Waals surface area contributed by atoms with Crippen molar-refractivity contribution in [1.29, 1.82) is 0 Å². The fourth-order valence-electron chi connectivity index (χ4n) is 1.43. The van der Waals surface area contributed by atoms with Gasteiger partial charge in [-0.05, 0) is 11.6 Å². The number of aromatic nitrogens is 2. The van der Waals surface area contributed by atoms with E-state index >= 15 is 0 Å². The molecule has 2 aromatic rings. The highest BCUT2D eigenvalue weighted by molar-refractivity contribution is 7.18. The first-order chi connectivity index (χ1) is 8.97. The summed E-state index contributed by atoms with van der Waals surface area (Å²) in [6, 6.07) is 3.54. The molecule has 1 N–H and O–H groups in total. The van der Waals surface area contributed by atoms with Crippen molar-refractivity contribution in [3.63, 3.8) is 0 Å². The van der Waals surface area contributed by atoms with E-state index in [2.05, 4.69) is 9.97 Å². The molecular weight excluding hydrogens is 309 g/mol. The zero-order valence-corrected chi connectivity index (χ0v) is 12.1. The van der Waals surface area contributed by atoms with Crippen molar-refractivity contribution < 1.29 is 9.90 Å². The van der Waals surface area contributed by atoms with Gasteiger partial charge in [-0.2, -0.15) is 0 Å². The Morgan fingerprint density at radius 3 is 2.74 bits per heavy atom. The summed E-state index contributed by atoms with van der Waals surface area (Å²) in [4.78, 5) is 20.7. The highest BCUT2D eigenvalue weighted by atomic mass is 35.5. The second kappa shape index (κ2) is 5.73. The van der Waals surface area contributed by atoms with Crippen LogP contribution in [-0.2, 0) is 6.54 Å². The number of carboxylic acid groups (broad SMARTS) is 1. The van der Waals surface area contributed by atoms with Crippen LogP contribution in [-0.4, -0.2) is 28.1 Å². The van der Waals surface area contributed by atoms with Gasteiger partial charge in [-0.15, -0.1) is 0 Å². The molecule has 0 amide bonds. The summed E-state index contributed by atoms with van der Waals surface area (Å²) < 4.78 is 0. The maximum Gasteiger partial charge on any atom is 0.349 e. The van der Waals surface area contributed by atoms with Gasteiger partial charge in [0.05, 0.1) is 0 Å². The predicted octanol–water partition coefficient (Wildman–Crippen LogP) is 3.18. The molecule has 8 heteroatoms. The summed E-state index contributed by atoms with van der Waals surface area (Å²) >= 11 is 12.5. The normalized spacial score (nSPS) is 10.5. The number of carboxylic acids is 1. The number of hydrogen-bond acceptors (Lipinski definition) is 5. The van der Waals surface area contributed by atoms with Crippen molar-refractivity contribution in [1.82, 2.24) is 9.97 Å². The number of nitrogens with zero attached hydrogens (tertiary/aromatic N) is 3. The molecule has 0 aromatic carbocycles. The number of hydrogen-bond donors (Lipinski definition) is 1. The van der Waals surface area contributed by atoms with Crippen molar-refractivity contribution in [2.75, 3.05) is 11.9 Å². The highest BCUT2D eigenvalue weighted by Crippen LogP contribution is 2.29. The Morgan fingerprint density at radius 1 is 1.47 bits per heavy atom. The number of carbonyl (C=O) groups is 1. The van der Waals surface area contributed by atoms with Gasteiger partial charge in [0.15, 0.2) is 15.2 Å². The van der Waals surface area contributed by atoms with Gasteiger partial charge in [-0.1, -0.05) is 40.6 Å². The maximum absolute atomic E-state index is 10.9. The van der Waals surface area contributed by atoms with Crippen LogP contribution in [0.25, 0.3) is 0 Å². The Bertz CT molecular complexity index is 600. The molecule has 0 radical (unpaired) electrons. The van der Waals surface area contributed by atoms with Crippen molar-refractivity contribution in [2.24, 2.45) is 0 Å². The first-order valence-corrected chi connectivity index (χ1v) is 6.76. The third-order valence-corrected chi connectivity index (χ3v) is 4.07. The average Bonchev–Trinajstić information content (AvgIpc) is 2.74. The van der Waals surface area contributed by atoms with E-state index in [1.807, 2.05) is 6.07 Å². The van der Waals surface area contributed by atoms with E-state index < -0.39 is 5.97 Å². The topological polar surface area (TPSA) is 66.3 Å². The predicted molar refractivity (Wildman–Crippen MR) is 75.4 cm³/mol. The summed E-state index contributed by atoms with van der Waals surface area (Å²) in [6.45, 7) is 0.535. The van der Waals surface area contributed by atoms with E-state index in [0.29, 0.717) is 16.8 Å². The minimum absolute atomic E-state index is 0.00795. The molecule has 2 heterocycles. The summed E-state index contributed by atoms with van der Waals surface area (Å²) in [5, 5.41) is 9.90. The molecule has 0 bridgehead atoms. The zero-order chi connectivity index (χ0) is 14.0. The Morgan fingerprint density at radius 2 is 2.21 bits per heavy atom. The van der Waals surface area contributed by atoms with E-state index in [4.69, 9.17) is 28.3 Å². The van der Waals surface area contributed by atoms with Crippen LogP contribution >= 0.6 is 34.5 Å². The molecule has 0 aliphatic carbocycles. The van der Waals surface area contributed by atoms with Gasteiger partial charge in [-0.3, -0.25) is 0 Å². The molecule has 0 saturated heterocycles. The smallest absolute Gasteiger partial charge is 0.349 e. The number of rotatable bonds is 4. The minimum Gasteiger partial charge on any atom is -0.477 e. The number of anilines is 1. The zero-order valence-electron chi connectivity index (χ0n) is 9.80. The van der Waals surface area contributed by atoms with Crippen LogP contribution in [0, 0.1) is 0 Å². The first-order valence-electron chi connectivity index (χ1n) is 5.18. The lowest BCUT2D eigenvalue weighted by molar-refractivity contribution is 0.0702. The molecule has 2 aromatic heterocycles. The lowest BCUT2D eigenvalue weighted by Crippen LogP contribution is -2.16. The summed E-state index contributed by atoms with van der Waals surface area (Å²) in [6.07, 6.45) is 1.66. The van der Waals surface area contributed by atoms with Crippen molar-refractivity contribution in [2.45, 2.75) is 6.54 Å². The van der Waals surface area contributed by atoms with Crippen LogP contribution in [0.4, 0.5) is 5.13 Å². The van der Waals surface area contributed by atoms with Crippen LogP contribution in [0.15, 0.2) is 18.3 Å². The van der Waals surface area contributed by atoms with Crippen molar-refractivity contribution in [3.8, 4) is 0 Å². The van der Waals surface area contributed by atoms with Gasteiger partial charge >= 0.3 is 5.97 Å². The molecule has 5 nitrogen and oxygen atoms in total. The van der Waals surface area contributed by atoms with E-state index in [-0.39, 0.29) is 10.0 Å². The molecule has 0 aliphatic heterocycles. The van der Waals surface area contributed by atoms with E-state index in [1.165, 1.54) is 0 Å². The van der Waals surface area contributed by atoms with Gasteiger partial charge < -0.3 is 10.0 Å². The number of pyridine rings is 1. The lowest BCUT2D eigenvalue weighted by Gasteiger charge is -2.15. The number of thiazole rings is 1. The summed E-state index contributed by atoms with van der Waals surface area (Å²) in [5.41, 5.74) is 0.940. The molecule has 0 atom stereocenters. The van der Waals surface area contributed by atoms with Gasteiger partial charge in [0, 0.05) is 19.8 Å². The van der Waals surface area contributed by atoms with Gasteiger partial charge in [0.1, 0.15) is 5.15 Å². The van der Waals surface area contributed by atoms with Crippen LogP contribution in [0.1, 0.15) is 15.2 Å². The third kappa shape index (κ3) is 3.34. The Balaban J connectivity index is 2.15. The summed E-state index contributed by atoms with van der Waals surface area (Å²) in [7, 11) is 1.80. The molecule has 100 valence electrons. The molecule has 2 rings (SSSR count). The Labute approximate surface area is 123 Å². The molecule has 0 unspecified atom stereocenters. The standard InChI is InChI=1S/C11H9Cl2N3O2S/c1-16(5-6-2-3-7(12)14-4-6)11-15-9(13)8(19-11)10(17)18/h2-4H,5H2,1H3,(H,17,18). The van der Waals surface area contributed by atoms with Crippen LogP contribution in [0.3, 0.4) is 0 Å². The van der Waals surface area contributed by atoms with E-state index in [9.17, 15) is 4.79 Å². The quantitative estimate of drug-likeness (QED) is 0.877. The van der Waals surface area contributed by atoms with Crippen LogP contribution in [0.2, 0.25) is 10.3 Å². The number of aromatic carboxylic acids is 1. The molecule has 0 aliphatic rings. The van der Waals surface area contributed by atoms with E-state index in [1.54, 1.807) is 24.2 Å². The second-order valence-corrected chi connectivity index (χ2v) is 5.49. The third-order valence-electron chi connectivity index (χ3n) is 2.30. The average molecular weight is 318 g/mol.